The normalized spacial score (nSPS) is 18.0. The molecule has 28 heavy (non-hydrogen) atoms. The SMILES string of the molecule is CNC(=O)C1CN(C(C)C)CCN1C(=O)Cn1c(COC)nc2ccccc21. The van der Waals surface area contributed by atoms with Crippen LogP contribution in [0, 0.1) is 0 Å². The predicted octanol–water partition coefficient (Wildman–Crippen LogP) is 0.850. The van der Waals surface area contributed by atoms with Gasteiger partial charge in [0.15, 0.2) is 0 Å². The quantitative estimate of drug-likeness (QED) is 0.795. The maximum Gasteiger partial charge on any atom is 0.243 e. The van der Waals surface area contributed by atoms with Crippen molar-refractivity contribution in [2.75, 3.05) is 33.8 Å². The van der Waals surface area contributed by atoms with Crippen LogP contribution in [0.3, 0.4) is 0 Å². The zero-order valence-corrected chi connectivity index (χ0v) is 17.0. The van der Waals surface area contributed by atoms with Gasteiger partial charge < -0.3 is 19.5 Å². The highest BCUT2D eigenvalue weighted by atomic mass is 16.5. The number of fused-ring (bicyclic) bond motifs is 1. The molecule has 2 amide bonds. The van der Waals surface area contributed by atoms with Crippen molar-refractivity contribution in [3.63, 3.8) is 0 Å². The standard InChI is InChI=1S/C20H29N5O3/c1-14(2)23-9-10-24(17(11-23)20(27)21-3)19(26)12-25-16-8-6-5-7-15(16)22-18(25)13-28-4/h5-8,14,17H,9-13H2,1-4H3,(H,21,27). The molecule has 1 aromatic heterocycles. The van der Waals surface area contributed by atoms with Crippen molar-refractivity contribution in [1.29, 1.82) is 0 Å². The van der Waals surface area contributed by atoms with Gasteiger partial charge in [-0.1, -0.05) is 12.1 Å². The summed E-state index contributed by atoms with van der Waals surface area (Å²) in [6.45, 7) is 6.49. The molecule has 1 atom stereocenters. The van der Waals surface area contributed by atoms with Gasteiger partial charge in [0.2, 0.25) is 11.8 Å². The number of benzene rings is 1. The Labute approximate surface area is 165 Å². The molecule has 0 radical (unpaired) electrons. The van der Waals surface area contributed by atoms with Crippen molar-refractivity contribution in [2.24, 2.45) is 0 Å². The monoisotopic (exact) mass is 387 g/mol. The van der Waals surface area contributed by atoms with E-state index < -0.39 is 6.04 Å². The van der Waals surface area contributed by atoms with Crippen molar-refractivity contribution in [3.8, 4) is 0 Å². The molecule has 1 aliphatic heterocycles. The average Bonchev–Trinajstić information content (AvgIpc) is 3.04. The minimum Gasteiger partial charge on any atom is -0.377 e. The molecule has 1 N–H and O–H groups in total. The van der Waals surface area contributed by atoms with Gasteiger partial charge in [0.1, 0.15) is 25.0 Å². The van der Waals surface area contributed by atoms with Gasteiger partial charge in [-0.05, 0) is 26.0 Å². The summed E-state index contributed by atoms with van der Waals surface area (Å²) in [7, 11) is 3.22. The third-order valence-electron chi connectivity index (χ3n) is 5.31. The maximum atomic E-state index is 13.2. The van der Waals surface area contributed by atoms with E-state index in [1.165, 1.54) is 0 Å². The molecule has 2 aromatic rings. The van der Waals surface area contributed by atoms with Crippen molar-refractivity contribution >= 4 is 22.8 Å². The van der Waals surface area contributed by atoms with Crippen LogP contribution in [0.4, 0.5) is 0 Å². The number of methoxy groups -OCH3 is 1. The number of carbonyl (C=O) groups excluding carboxylic acids is 2. The van der Waals surface area contributed by atoms with Crippen molar-refractivity contribution < 1.29 is 14.3 Å². The first-order valence-electron chi connectivity index (χ1n) is 9.64. The highest BCUT2D eigenvalue weighted by Gasteiger charge is 2.35. The minimum absolute atomic E-state index is 0.0856. The van der Waals surface area contributed by atoms with E-state index in [2.05, 4.69) is 29.0 Å². The van der Waals surface area contributed by atoms with E-state index in [1.807, 2.05) is 28.8 Å². The van der Waals surface area contributed by atoms with Gasteiger partial charge in [-0.3, -0.25) is 14.5 Å². The smallest absolute Gasteiger partial charge is 0.243 e. The average molecular weight is 387 g/mol. The Kier molecular flexibility index (Phi) is 6.31. The molecule has 1 aliphatic rings. The van der Waals surface area contributed by atoms with Gasteiger partial charge in [-0.15, -0.1) is 0 Å². The summed E-state index contributed by atoms with van der Waals surface area (Å²) in [5, 5.41) is 2.70. The largest absolute Gasteiger partial charge is 0.377 e. The molecule has 0 saturated carbocycles. The number of ether oxygens (including phenoxy) is 1. The predicted molar refractivity (Wildman–Crippen MR) is 107 cm³/mol. The fourth-order valence-electron chi connectivity index (χ4n) is 3.73. The fraction of sp³-hybridized carbons (Fsp3) is 0.550. The number of para-hydroxylation sites is 2. The molecule has 1 unspecified atom stereocenters. The van der Waals surface area contributed by atoms with Gasteiger partial charge in [0, 0.05) is 39.8 Å². The lowest BCUT2D eigenvalue weighted by atomic mass is 10.1. The molecule has 8 nitrogen and oxygen atoms in total. The number of hydrogen-bond donors (Lipinski definition) is 1. The molecular weight excluding hydrogens is 358 g/mol. The van der Waals surface area contributed by atoms with Crippen molar-refractivity contribution in [3.05, 3.63) is 30.1 Å². The summed E-state index contributed by atoms with van der Waals surface area (Å²) in [6.07, 6.45) is 0. The molecule has 0 aliphatic carbocycles. The molecule has 8 heteroatoms. The third-order valence-corrected chi connectivity index (χ3v) is 5.31. The lowest BCUT2D eigenvalue weighted by Gasteiger charge is -2.42. The Morgan fingerprint density at radius 1 is 1.29 bits per heavy atom. The summed E-state index contributed by atoms with van der Waals surface area (Å²) < 4.78 is 7.15. The molecular formula is C20H29N5O3. The van der Waals surface area contributed by atoms with Crippen LogP contribution in [-0.2, 0) is 27.5 Å². The molecule has 2 heterocycles. The van der Waals surface area contributed by atoms with Crippen LogP contribution in [-0.4, -0.2) is 77.0 Å². The molecule has 1 aromatic carbocycles. The second kappa shape index (κ2) is 8.70. The summed E-state index contributed by atoms with van der Waals surface area (Å²) in [6, 6.07) is 7.55. The second-order valence-electron chi connectivity index (χ2n) is 7.34. The molecule has 1 saturated heterocycles. The number of rotatable bonds is 6. The van der Waals surface area contributed by atoms with E-state index in [0.717, 1.165) is 17.6 Å². The number of imidazole rings is 1. The van der Waals surface area contributed by atoms with Crippen LogP contribution in [0.5, 0.6) is 0 Å². The number of likely N-dealkylation sites (N-methyl/N-ethyl adjacent to an activating group) is 1. The number of piperazine rings is 1. The van der Waals surface area contributed by atoms with Crippen LogP contribution in [0.1, 0.15) is 19.7 Å². The molecule has 0 bridgehead atoms. The zero-order valence-electron chi connectivity index (χ0n) is 17.0. The van der Waals surface area contributed by atoms with Crippen molar-refractivity contribution in [1.82, 2.24) is 24.7 Å². The van der Waals surface area contributed by atoms with Crippen LogP contribution in [0.2, 0.25) is 0 Å². The van der Waals surface area contributed by atoms with E-state index in [1.54, 1.807) is 19.1 Å². The molecule has 0 spiro atoms. The first-order chi connectivity index (χ1) is 13.5. The minimum atomic E-state index is -0.491. The molecule has 1 fully saturated rings. The molecule has 152 valence electrons. The topological polar surface area (TPSA) is 79.7 Å². The zero-order chi connectivity index (χ0) is 20.3. The number of hydrogen-bond acceptors (Lipinski definition) is 5. The lowest BCUT2D eigenvalue weighted by Crippen LogP contribution is -2.61. The Hall–Kier alpha value is -2.45. The van der Waals surface area contributed by atoms with Gasteiger partial charge in [0.05, 0.1) is 11.0 Å². The van der Waals surface area contributed by atoms with Gasteiger partial charge in [-0.25, -0.2) is 4.98 Å². The van der Waals surface area contributed by atoms with Gasteiger partial charge in [-0.2, -0.15) is 0 Å². The van der Waals surface area contributed by atoms with Crippen molar-refractivity contribution in [2.45, 2.75) is 39.1 Å². The molecule has 3 rings (SSSR count). The lowest BCUT2D eigenvalue weighted by molar-refractivity contribution is -0.144. The Bertz CT molecular complexity index is 847. The fourth-order valence-corrected chi connectivity index (χ4v) is 3.73. The Morgan fingerprint density at radius 3 is 2.71 bits per heavy atom. The number of carbonyl (C=O) groups is 2. The number of nitrogens with zero attached hydrogens (tertiary/aromatic N) is 4. The van der Waals surface area contributed by atoms with E-state index in [0.29, 0.717) is 31.6 Å². The third kappa shape index (κ3) is 4.02. The summed E-state index contributed by atoms with van der Waals surface area (Å²) in [4.78, 5) is 34.2. The van der Waals surface area contributed by atoms with Gasteiger partial charge in [0.25, 0.3) is 0 Å². The number of amides is 2. The summed E-state index contributed by atoms with van der Waals surface area (Å²) >= 11 is 0. The second-order valence-corrected chi connectivity index (χ2v) is 7.34. The highest BCUT2D eigenvalue weighted by molar-refractivity contribution is 5.88. The maximum absolute atomic E-state index is 13.2. The van der Waals surface area contributed by atoms with Gasteiger partial charge >= 0.3 is 0 Å². The van der Waals surface area contributed by atoms with Crippen LogP contribution in [0.15, 0.2) is 24.3 Å². The van der Waals surface area contributed by atoms with E-state index >= 15 is 0 Å². The van der Waals surface area contributed by atoms with Crippen LogP contribution in [0.25, 0.3) is 11.0 Å². The first-order valence-corrected chi connectivity index (χ1v) is 9.64. The Morgan fingerprint density at radius 2 is 2.04 bits per heavy atom. The summed E-state index contributed by atoms with van der Waals surface area (Å²) in [5.74, 6) is 0.484. The van der Waals surface area contributed by atoms with E-state index in [9.17, 15) is 9.59 Å². The van der Waals surface area contributed by atoms with E-state index in [-0.39, 0.29) is 18.4 Å². The number of nitrogens with one attached hydrogen (secondary N) is 1. The summed E-state index contributed by atoms with van der Waals surface area (Å²) in [5.41, 5.74) is 1.72. The highest BCUT2D eigenvalue weighted by Crippen LogP contribution is 2.19. The number of aromatic nitrogens is 2. The Balaban J connectivity index is 1.86. The van der Waals surface area contributed by atoms with Crippen LogP contribution >= 0.6 is 0 Å². The van der Waals surface area contributed by atoms with Crippen LogP contribution < -0.4 is 5.32 Å². The van der Waals surface area contributed by atoms with E-state index in [4.69, 9.17) is 4.74 Å². The first kappa shape index (κ1) is 20.3.